The number of ether oxygens (including phenoxy) is 1. The molecule has 1 N–H and O–H groups in total. The van der Waals surface area contributed by atoms with Gasteiger partial charge in [-0.1, -0.05) is 53.8 Å². The van der Waals surface area contributed by atoms with Crippen molar-refractivity contribution in [2.24, 2.45) is 29.6 Å². The van der Waals surface area contributed by atoms with Crippen LogP contribution in [0, 0.1) is 39.7 Å². The minimum Gasteiger partial charge on any atom is -0.489 e. The number of thioether (sulfide) groups is 1. The van der Waals surface area contributed by atoms with E-state index in [-0.39, 0.29) is 51.3 Å². The Bertz CT molecular complexity index is 1840. The summed E-state index contributed by atoms with van der Waals surface area (Å²) in [6.45, 7) is 0.434. The number of carbonyl (C=O) groups excluding carboxylic acids is 2. The highest BCUT2D eigenvalue weighted by atomic mass is 32.2. The zero-order valence-electron chi connectivity index (χ0n) is 22.6. The lowest BCUT2D eigenvalue weighted by Gasteiger charge is -2.43. The van der Waals surface area contributed by atoms with Gasteiger partial charge < -0.3 is 9.72 Å². The first-order chi connectivity index (χ1) is 20.9. The molecule has 2 aliphatic heterocycles. The zero-order valence-corrected chi connectivity index (χ0v) is 24.3. The standard InChI is InChI=1S/C32H25N3O6S2/c36-30-25-21-14-22(26(25)31(37)34(30)18-9-11-19(12-10-18)35(39)40)27-24(21)23(28-29(42-27)33-32(38)43-28)17-7-4-8-20(13-17)41-15-16-5-2-1-3-6-16/h1-13,21-27H,14-15H2,(H,33,38)/t21?,22?,23-,24?,25?,26?,27?/m1/s1. The van der Waals surface area contributed by atoms with Crippen LogP contribution in [0.5, 0.6) is 5.75 Å². The average Bonchev–Trinajstić information content (AvgIpc) is 3.75. The maximum absolute atomic E-state index is 13.9. The molecule has 3 heterocycles. The summed E-state index contributed by atoms with van der Waals surface area (Å²) < 4.78 is 6.16. The monoisotopic (exact) mass is 611 g/mol. The van der Waals surface area contributed by atoms with Crippen molar-refractivity contribution in [2.45, 2.75) is 29.2 Å². The Morgan fingerprint density at radius 1 is 0.930 bits per heavy atom. The molecule has 0 radical (unpaired) electrons. The zero-order chi connectivity index (χ0) is 29.4. The van der Waals surface area contributed by atoms with Crippen LogP contribution in [0.1, 0.15) is 28.3 Å². The summed E-state index contributed by atoms with van der Waals surface area (Å²) in [7, 11) is 0. The number of amides is 2. The third kappa shape index (κ3) is 4.09. The van der Waals surface area contributed by atoms with Gasteiger partial charge in [-0.2, -0.15) is 0 Å². The SMILES string of the molecule is O=C1C2C3CC(C2C(=O)N1c1ccc([N+](=O)[O-])cc1)C1C3Sc2[nH]c(=O)sc2[C@@H]1c1cccc(OCc2ccccc2)c1. The average molecular weight is 612 g/mol. The number of nitro groups is 1. The van der Waals surface area contributed by atoms with Crippen LogP contribution in [0.15, 0.2) is 88.7 Å². The number of aromatic amines is 1. The number of nitro benzene ring substituents is 1. The molecule has 3 aromatic carbocycles. The highest BCUT2D eigenvalue weighted by Gasteiger charge is 2.69. The normalized spacial score (nSPS) is 28.5. The molecule has 2 saturated carbocycles. The molecule has 11 heteroatoms. The number of fused-ring (bicyclic) bond motifs is 9. The van der Waals surface area contributed by atoms with Gasteiger partial charge in [-0.3, -0.25) is 29.4 Å². The van der Waals surface area contributed by atoms with Gasteiger partial charge in [0.2, 0.25) is 11.8 Å². The van der Waals surface area contributed by atoms with E-state index >= 15 is 0 Å². The van der Waals surface area contributed by atoms with Gasteiger partial charge in [-0.15, -0.1) is 11.8 Å². The second kappa shape index (κ2) is 9.92. The molecule has 43 heavy (non-hydrogen) atoms. The number of nitrogens with zero attached hydrogens (tertiary/aromatic N) is 2. The van der Waals surface area contributed by atoms with E-state index in [1.165, 1.54) is 40.5 Å². The fourth-order valence-electron chi connectivity index (χ4n) is 7.91. The van der Waals surface area contributed by atoms with Gasteiger partial charge in [0.1, 0.15) is 12.4 Å². The lowest BCUT2D eigenvalue weighted by Crippen LogP contribution is -2.42. The topological polar surface area (TPSA) is 123 Å². The largest absolute Gasteiger partial charge is 0.489 e. The van der Waals surface area contributed by atoms with Crippen molar-refractivity contribution in [1.29, 1.82) is 0 Å². The van der Waals surface area contributed by atoms with E-state index in [0.717, 1.165) is 33.2 Å². The van der Waals surface area contributed by atoms with Gasteiger partial charge in [0, 0.05) is 28.2 Å². The molecule has 8 rings (SSSR count). The number of non-ortho nitro benzene ring substituents is 1. The number of aromatic nitrogens is 1. The van der Waals surface area contributed by atoms with E-state index < -0.39 is 16.8 Å². The maximum Gasteiger partial charge on any atom is 0.305 e. The highest BCUT2D eigenvalue weighted by Crippen LogP contribution is 2.68. The van der Waals surface area contributed by atoms with Crippen LogP contribution in [0.3, 0.4) is 0 Å². The first kappa shape index (κ1) is 26.4. The van der Waals surface area contributed by atoms with Gasteiger partial charge in [-0.25, -0.2) is 0 Å². The molecule has 0 spiro atoms. The number of hydrogen-bond acceptors (Lipinski definition) is 8. The third-order valence-corrected chi connectivity index (χ3v) is 12.1. The van der Waals surface area contributed by atoms with Gasteiger partial charge >= 0.3 is 4.87 Å². The number of carbonyl (C=O) groups is 2. The van der Waals surface area contributed by atoms with Crippen molar-refractivity contribution in [1.82, 2.24) is 4.98 Å². The number of imide groups is 1. The predicted molar refractivity (Wildman–Crippen MR) is 161 cm³/mol. The fourth-order valence-corrected chi connectivity index (χ4v) is 10.8. The van der Waals surface area contributed by atoms with E-state index in [1.807, 2.05) is 48.5 Å². The van der Waals surface area contributed by atoms with Gasteiger partial charge in [0.15, 0.2) is 0 Å². The summed E-state index contributed by atoms with van der Waals surface area (Å²) in [5.41, 5.74) is 2.37. The molecule has 2 amide bonds. The van der Waals surface area contributed by atoms with Crippen molar-refractivity contribution in [3.63, 3.8) is 0 Å². The molecule has 4 aliphatic rings. The van der Waals surface area contributed by atoms with Crippen LogP contribution in [-0.4, -0.2) is 27.0 Å². The Hall–Kier alpha value is -4.22. The number of rotatable bonds is 6. The number of thiazole rings is 1. The maximum atomic E-state index is 13.9. The van der Waals surface area contributed by atoms with Crippen LogP contribution in [0.4, 0.5) is 11.4 Å². The van der Waals surface area contributed by atoms with Crippen molar-refractivity contribution in [2.75, 3.05) is 4.90 Å². The van der Waals surface area contributed by atoms with Crippen molar-refractivity contribution < 1.29 is 19.2 Å². The second-order valence-electron chi connectivity index (χ2n) is 11.6. The van der Waals surface area contributed by atoms with Crippen LogP contribution in [0.2, 0.25) is 0 Å². The van der Waals surface area contributed by atoms with Crippen LogP contribution >= 0.6 is 23.1 Å². The minimum atomic E-state index is -0.501. The molecule has 1 saturated heterocycles. The van der Waals surface area contributed by atoms with Gasteiger partial charge in [-0.05, 0) is 59.6 Å². The Kier molecular flexibility index (Phi) is 6.09. The highest BCUT2D eigenvalue weighted by molar-refractivity contribution is 8.00. The number of hydrogen-bond donors (Lipinski definition) is 1. The van der Waals surface area contributed by atoms with Gasteiger partial charge in [0.25, 0.3) is 5.69 Å². The third-order valence-electron chi connectivity index (χ3n) is 9.51. The number of anilines is 1. The summed E-state index contributed by atoms with van der Waals surface area (Å²) in [6, 6.07) is 23.6. The van der Waals surface area contributed by atoms with E-state index in [2.05, 4.69) is 11.1 Å². The molecule has 9 nitrogen and oxygen atoms in total. The van der Waals surface area contributed by atoms with E-state index in [9.17, 15) is 24.5 Å². The van der Waals surface area contributed by atoms with Crippen molar-refractivity contribution in [3.05, 3.63) is 115 Å². The first-order valence-corrected chi connectivity index (χ1v) is 15.9. The van der Waals surface area contributed by atoms with E-state index in [4.69, 9.17) is 4.74 Å². The first-order valence-electron chi connectivity index (χ1n) is 14.2. The molecule has 7 atom stereocenters. The van der Waals surface area contributed by atoms with Crippen molar-refractivity contribution in [3.8, 4) is 5.75 Å². The number of benzene rings is 3. The Labute approximate surface area is 254 Å². The summed E-state index contributed by atoms with van der Waals surface area (Å²) >= 11 is 2.87. The Balaban J connectivity index is 1.14. The van der Waals surface area contributed by atoms with Crippen LogP contribution in [0.25, 0.3) is 0 Å². The Morgan fingerprint density at radius 2 is 1.67 bits per heavy atom. The minimum absolute atomic E-state index is 0.0129. The molecule has 6 unspecified atom stereocenters. The summed E-state index contributed by atoms with van der Waals surface area (Å²) in [5.74, 6) is -0.706. The lowest BCUT2D eigenvalue weighted by molar-refractivity contribution is -0.384. The molecule has 1 aromatic heterocycles. The fraction of sp³-hybridized carbons (Fsp3) is 0.281. The predicted octanol–water partition coefficient (Wildman–Crippen LogP) is 5.60. The summed E-state index contributed by atoms with van der Waals surface area (Å²) in [4.78, 5) is 56.1. The number of nitrogens with one attached hydrogen (secondary N) is 1. The van der Waals surface area contributed by atoms with Gasteiger partial charge in [0.05, 0.1) is 27.5 Å². The molecular formula is C32H25N3O6S2. The van der Waals surface area contributed by atoms with Crippen molar-refractivity contribution >= 4 is 46.3 Å². The molecule has 2 aliphatic carbocycles. The summed E-state index contributed by atoms with van der Waals surface area (Å²) in [5, 5.41) is 12.1. The second-order valence-corrected chi connectivity index (χ2v) is 13.8. The van der Waals surface area contributed by atoms with E-state index in [0.29, 0.717) is 12.3 Å². The summed E-state index contributed by atoms with van der Waals surface area (Å²) in [6.07, 6.45) is 0.781. The quantitative estimate of drug-likeness (QED) is 0.171. The van der Waals surface area contributed by atoms with Crippen LogP contribution < -0.4 is 14.5 Å². The molecule has 2 bridgehead atoms. The molecule has 216 valence electrons. The van der Waals surface area contributed by atoms with E-state index in [1.54, 1.807) is 11.8 Å². The lowest BCUT2D eigenvalue weighted by atomic mass is 9.68. The van der Waals surface area contributed by atoms with Crippen LogP contribution in [-0.2, 0) is 16.2 Å². The Morgan fingerprint density at radius 3 is 2.42 bits per heavy atom. The molecular weight excluding hydrogens is 587 g/mol. The molecule has 4 aromatic rings. The number of H-pyrrole nitrogens is 1. The smallest absolute Gasteiger partial charge is 0.305 e. The molecule has 3 fully saturated rings.